The van der Waals surface area contributed by atoms with Crippen molar-refractivity contribution in [1.29, 1.82) is 0 Å². The minimum atomic E-state index is -1.60. The van der Waals surface area contributed by atoms with Gasteiger partial charge in [0.2, 0.25) is 11.8 Å². The van der Waals surface area contributed by atoms with Crippen molar-refractivity contribution in [1.82, 2.24) is 10.2 Å². The Labute approximate surface area is 141 Å². The lowest BCUT2D eigenvalue weighted by Crippen LogP contribution is -2.55. The summed E-state index contributed by atoms with van der Waals surface area (Å²) in [4.78, 5) is 48.3. The normalized spacial score (nSPS) is 22.7. The van der Waals surface area contributed by atoms with E-state index in [9.17, 15) is 24.3 Å². The van der Waals surface area contributed by atoms with Crippen molar-refractivity contribution in [3.05, 3.63) is 35.4 Å². The predicted octanol–water partition coefficient (Wildman–Crippen LogP) is -1.63. The monoisotopic (exact) mass is 348 g/mol. The van der Waals surface area contributed by atoms with Gasteiger partial charge in [-0.25, -0.2) is 0 Å². The predicted molar refractivity (Wildman–Crippen MR) is 82.3 cm³/mol. The molecule has 2 aliphatic rings. The largest absolute Gasteiger partial charge is 0.548 e. The molecular weight excluding hydrogens is 334 g/mol. The van der Waals surface area contributed by atoms with Gasteiger partial charge >= 0.3 is 0 Å². The number of nitrogens with two attached hydrogens (primary N) is 1. The van der Waals surface area contributed by atoms with Gasteiger partial charge in [-0.2, -0.15) is 0 Å². The molecule has 3 amide bonds. The van der Waals surface area contributed by atoms with Crippen LogP contribution in [0.3, 0.4) is 0 Å². The van der Waals surface area contributed by atoms with Crippen molar-refractivity contribution < 1.29 is 24.3 Å². The van der Waals surface area contributed by atoms with E-state index < -0.39 is 36.3 Å². The SMILES string of the molecule is NC(=O)C[C@H](NC(=O)[C@@H]1CS[C@@H]2c3ccccc3C(=O)N21)C(=O)[O-]. The quantitative estimate of drug-likeness (QED) is 0.656. The zero-order chi connectivity index (χ0) is 17.4. The van der Waals surface area contributed by atoms with Gasteiger partial charge in [0.05, 0.1) is 18.4 Å². The fourth-order valence-electron chi connectivity index (χ4n) is 2.90. The zero-order valence-corrected chi connectivity index (χ0v) is 13.2. The number of carboxylic acids is 1. The topological polar surface area (TPSA) is 133 Å². The third-order valence-electron chi connectivity index (χ3n) is 4.00. The van der Waals surface area contributed by atoms with Crippen molar-refractivity contribution >= 4 is 35.5 Å². The molecule has 3 N–H and O–H groups in total. The second-order valence-electron chi connectivity index (χ2n) is 5.55. The van der Waals surface area contributed by atoms with E-state index in [1.165, 1.54) is 16.7 Å². The van der Waals surface area contributed by atoms with Crippen molar-refractivity contribution in [2.45, 2.75) is 23.9 Å². The standard InChI is InChI=1S/C15H15N3O5S/c16-11(19)5-9(15(22)23)17-12(20)10-6-24-14-8-4-2-1-3-7(8)13(21)18(10)14/h1-4,9-10,14H,5-6H2,(H2,16,19)(H,17,20)(H,22,23)/p-1/t9-,10-,14+/m0/s1. The number of carbonyl (C=O) groups excluding carboxylic acids is 4. The highest BCUT2D eigenvalue weighted by Gasteiger charge is 2.48. The maximum atomic E-state index is 12.5. The lowest BCUT2D eigenvalue weighted by molar-refractivity contribution is -0.308. The molecule has 126 valence electrons. The first-order chi connectivity index (χ1) is 11.4. The summed E-state index contributed by atoms with van der Waals surface area (Å²) < 4.78 is 0. The second kappa shape index (κ2) is 6.16. The van der Waals surface area contributed by atoms with Gasteiger partial charge in [-0.05, 0) is 11.6 Å². The van der Waals surface area contributed by atoms with Gasteiger partial charge in [-0.3, -0.25) is 14.4 Å². The highest BCUT2D eigenvalue weighted by atomic mass is 32.2. The fourth-order valence-corrected chi connectivity index (χ4v) is 4.37. The minimum Gasteiger partial charge on any atom is -0.548 e. The lowest BCUT2D eigenvalue weighted by Gasteiger charge is -2.25. The Morgan fingerprint density at radius 3 is 2.75 bits per heavy atom. The molecule has 8 nitrogen and oxygen atoms in total. The number of thioether (sulfide) groups is 1. The molecule has 2 aliphatic heterocycles. The molecule has 0 radical (unpaired) electrons. The van der Waals surface area contributed by atoms with Crippen molar-refractivity contribution in [2.75, 3.05) is 5.75 Å². The zero-order valence-electron chi connectivity index (χ0n) is 12.4. The number of nitrogens with zero attached hydrogens (tertiary/aromatic N) is 1. The molecule has 3 atom stereocenters. The minimum absolute atomic E-state index is 0.262. The summed E-state index contributed by atoms with van der Waals surface area (Å²) >= 11 is 1.43. The Bertz CT molecular complexity index is 738. The van der Waals surface area contributed by atoms with Gasteiger partial charge in [0.1, 0.15) is 11.4 Å². The van der Waals surface area contributed by atoms with E-state index in [1.54, 1.807) is 12.1 Å². The maximum Gasteiger partial charge on any atom is 0.256 e. The molecule has 1 aromatic carbocycles. The number of hydrogen-bond acceptors (Lipinski definition) is 6. The molecule has 0 bridgehead atoms. The van der Waals surface area contributed by atoms with E-state index in [4.69, 9.17) is 5.73 Å². The van der Waals surface area contributed by atoms with Crippen LogP contribution >= 0.6 is 11.8 Å². The van der Waals surface area contributed by atoms with E-state index in [0.717, 1.165) is 5.56 Å². The van der Waals surface area contributed by atoms with Crippen molar-refractivity contribution in [2.24, 2.45) is 5.73 Å². The first-order valence-electron chi connectivity index (χ1n) is 7.23. The van der Waals surface area contributed by atoms with Crippen LogP contribution in [-0.4, -0.2) is 46.4 Å². The van der Waals surface area contributed by atoms with E-state index in [2.05, 4.69) is 5.32 Å². The van der Waals surface area contributed by atoms with Crippen LogP contribution in [0.4, 0.5) is 0 Å². The summed E-state index contributed by atoms with van der Waals surface area (Å²) in [6.45, 7) is 0. The summed E-state index contributed by atoms with van der Waals surface area (Å²) in [7, 11) is 0. The third kappa shape index (κ3) is 2.71. The number of amides is 3. The Balaban J connectivity index is 1.77. The number of aliphatic carboxylic acids is 1. The molecule has 0 aromatic heterocycles. The maximum absolute atomic E-state index is 12.5. The molecule has 9 heteroatoms. The first-order valence-corrected chi connectivity index (χ1v) is 8.27. The van der Waals surface area contributed by atoms with Crippen LogP contribution in [-0.2, 0) is 14.4 Å². The molecule has 1 saturated heterocycles. The van der Waals surface area contributed by atoms with Crippen LogP contribution in [0.15, 0.2) is 24.3 Å². The number of fused-ring (bicyclic) bond motifs is 3. The van der Waals surface area contributed by atoms with Crippen LogP contribution in [0.25, 0.3) is 0 Å². The Morgan fingerprint density at radius 2 is 2.08 bits per heavy atom. The van der Waals surface area contributed by atoms with E-state index >= 15 is 0 Å². The van der Waals surface area contributed by atoms with Gasteiger partial charge in [0.15, 0.2) is 0 Å². The lowest BCUT2D eigenvalue weighted by atomic mass is 10.1. The summed E-state index contributed by atoms with van der Waals surface area (Å²) in [5.74, 6) is -3.03. The highest BCUT2D eigenvalue weighted by Crippen LogP contribution is 2.48. The van der Waals surface area contributed by atoms with Crippen molar-refractivity contribution in [3.8, 4) is 0 Å². The molecule has 3 rings (SSSR count). The Kier molecular flexibility index (Phi) is 4.18. The van der Waals surface area contributed by atoms with Crippen LogP contribution < -0.4 is 16.2 Å². The number of hydrogen-bond donors (Lipinski definition) is 2. The molecule has 1 fully saturated rings. The second-order valence-corrected chi connectivity index (χ2v) is 6.66. The molecule has 0 aliphatic carbocycles. The van der Waals surface area contributed by atoms with Crippen LogP contribution in [0, 0.1) is 0 Å². The number of carbonyl (C=O) groups is 4. The molecule has 0 saturated carbocycles. The average molecular weight is 348 g/mol. The molecule has 24 heavy (non-hydrogen) atoms. The number of rotatable bonds is 5. The van der Waals surface area contributed by atoms with Gasteiger partial charge in [0, 0.05) is 11.3 Å². The van der Waals surface area contributed by atoms with E-state index in [-0.39, 0.29) is 11.3 Å². The van der Waals surface area contributed by atoms with E-state index in [0.29, 0.717) is 11.3 Å². The molecular formula is C15H14N3O5S-. The smallest absolute Gasteiger partial charge is 0.256 e. The third-order valence-corrected chi connectivity index (χ3v) is 5.31. The first kappa shape index (κ1) is 16.3. The van der Waals surface area contributed by atoms with Crippen LogP contribution in [0.1, 0.15) is 27.7 Å². The Morgan fingerprint density at radius 1 is 1.38 bits per heavy atom. The molecule has 0 unspecified atom stereocenters. The van der Waals surface area contributed by atoms with Crippen LogP contribution in [0.5, 0.6) is 0 Å². The van der Waals surface area contributed by atoms with Gasteiger partial charge in [-0.1, -0.05) is 18.2 Å². The Hall–Kier alpha value is -2.55. The average Bonchev–Trinajstić information content (AvgIpc) is 3.07. The summed E-state index contributed by atoms with van der Waals surface area (Å²) in [6, 6.07) is 4.78. The molecule has 1 aromatic rings. The number of carboxylic acid groups (broad SMARTS) is 1. The number of nitrogens with one attached hydrogen (secondary N) is 1. The number of primary amides is 1. The van der Waals surface area contributed by atoms with Crippen LogP contribution in [0.2, 0.25) is 0 Å². The summed E-state index contributed by atoms with van der Waals surface area (Å²) in [6.07, 6.45) is -0.564. The molecule has 2 heterocycles. The fraction of sp³-hybridized carbons (Fsp3) is 0.333. The van der Waals surface area contributed by atoms with Gasteiger partial charge in [0.25, 0.3) is 5.91 Å². The number of benzene rings is 1. The summed E-state index contributed by atoms with van der Waals surface area (Å²) in [5.41, 5.74) is 6.36. The van der Waals surface area contributed by atoms with Crippen molar-refractivity contribution in [3.63, 3.8) is 0 Å². The van der Waals surface area contributed by atoms with Gasteiger partial charge in [-0.15, -0.1) is 11.8 Å². The van der Waals surface area contributed by atoms with E-state index in [1.807, 2.05) is 12.1 Å². The highest BCUT2D eigenvalue weighted by molar-refractivity contribution is 7.99. The molecule has 0 spiro atoms. The summed E-state index contributed by atoms with van der Waals surface area (Å²) in [5, 5.41) is 13.0. The van der Waals surface area contributed by atoms with Gasteiger partial charge < -0.3 is 25.9 Å².